The number of carbonyl (C=O) groups is 1. The van der Waals surface area contributed by atoms with Crippen LogP contribution in [0.3, 0.4) is 0 Å². The van der Waals surface area contributed by atoms with Crippen LogP contribution in [0.1, 0.15) is 23.7 Å². The highest BCUT2D eigenvalue weighted by atomic mass is 79.9. The lowest BCUT2D eigenvalue weighted by atomic mass is 10.2. The molecular weight excluding hydrogens is 308 g/mol. The molecule has 0 aromatic heterocycles. The van der Waals surface area contributed by atoms with Gasteiger partial charge in [-0.05, 0) is 40.5 Å². The van der Waals surface area contributed by atoms with E-state index in [1.54, 1.807) is 0 Å². The van der Waals surface area contributed by atoms with Crippen molar-refractivity contribution in [3.63, 3.8) is 0 Å². The van der Waals surface area contributed by atoms with Gasteiger partial charge in [-0.3, -0.25) is 0 Å². The van der Waals surface area contributed by atoms with E-state index >= 15 is 0 Å². The molecule has 0 spiro atoms. The zero-order valence-corrected chi connectivity index (χ0v) is 12.0. The van der Waals surface area contributed by atoms with Gasteiger partial charge >= 0.3 is 5.97 Å². The van der Waals surface area contributed by atoms with Crippen LogP contribution in [-0.2, 0) is 14.6 Å². The van der Waals surface area contributed by atoms with Crippen molar-refractivity contribution in [2.24, 2.45) is 0 Å². The van der Waals surface area contributed by atoms with Crippen molar-refractivity contribution < 1.29 is 17.9 Å². The molecular formula is C11H13BrO4S. The summed E-state index contributed by atoms with van der Waals surface area (Å²) in [7, 11) is -3.36. The van der Waals surface area contributed by atoms with Crippen LogP contribution in [0.4, 0.5) is 0 Å². The summed E-state index contributed by atoms with van der Waals surface area (Å²) in [5.41, 5.74) is 0.238. The van der Waals surface area contributed by atoms with Crippen LogP contribution in [0.5, 0.6) is 0 Å². The van der Waals surface area contributed by atoms with E-state index in [1.807, 2.05) is 6.92 Å². The van der Waals surface area contributed by atoms with Crippen molar-refractivity contribution in [3.8, 4) is 0 Å². The number of ether oxygens (including phenoxy) is 1. The number of hydrogen-bond acceptors (Lipinski definition) is 4. The van der Waals surface area contributed by atoms with E-state index in [9.17, 15) is 13.2 Å². The molecule has 0 aliphatic carbocycles. The topological polar surface area (TPSA) is 60.4 Å². The summed E-state index contributed by atoms with van der Waals surface area (Å²) in [4.78, 5) is 11.6. The molecule has 0 aliphatic rings. The molecule has 1 aromatic rings. The predicted octanol–water partition coefficient (Wildman–Crippen LogP) is 2.42. The van der Waals surface area contributed by atoms with Crippen LogP contribution in [0.25, 0.3) is 0 Å². The van der Waals surface area contributed by atoms with Crippen LogP contribution in [-0.4, -0.2) is 27.2 Å². The van der Waals surface area contributed by atoms with Crippen LogP contribution in [0, 0.1) is 0 Å². The molecule has 0 saturated heterocycles. The minimum absolute atomic E-state index is 0.0865. The van der Waals surface area contributed by atoms with Gasteiger partial charge in [0.2, 0.25) is 0 Å². The molecule has 1 aromatic carbocycles. The van der Waals surface area contributed by atoms with E-state index in [0.717, 1.165) is 12.7 Å². The standard InChI is InChI=1S/C11H13BrO4S/c1-3-6-16-11(13)8-4-5-9(12)10(7-8)17(2,14)15/h4-5,7H,3,6H2,1-2H3. The molecule has 0 heterocycles. The van der Waals surface area contributed by atoms with Crippen molar-refractivity contribution in [2.45, 2.75) is 18.2 Å². The molecule has 0 bridgehead atoms. The lowest BCUT2D eigenvalue weighted by Crippen LogP contribution is -2.08. The van der Waals surface area contributed by atoms with E-state index in [2.05, 4.69) is 15.9 Å². The fourth-order valence-corrected chi connectivity index (χ4v) is 3.08. The number of carbonyl (C=O) groups excluding carboxylic acids is 1. The minimum Gasteiger partial charge on any atom is -0.462 e. The van der Waals surface area contributed by atoms with E-state index in [-0.39, 0.29) is 10.5 Å². The molecule has 0 amide bonds. The smallest absolute Gasteiger partial charge is 0.338 e. The normalized spacial score (nSPS) is 11.2. The van der Waals surface area contributed by atoms with Crippen LogP contribution >= 0.6 is 15.9 Å². The third kappa shape index (κ3) is 3.81. The third-order valence-corrected chi connectivity index (χ3v) is 4.09. The molecule has 4 nitrogen and oxygen atoms in total. The Hall–Kier alpha value is -0.880. The lowest BCUT2D eigenvalue weighted by molar-refractivity contribution is 0.0505. The largest absolute Gasteiger partial charge is 0.462 e. The molecule has 0 aliphatic heterocycles. The Balaban J connectivity index is 3.09. The quantitative estimate of drug-likeness (QED) is 0.799. The summed E-state index contributed by atoms with van der Waals surface area (Å²) in [6, 6.07) is 4.37. The average molecular weight is 321 g/mol. The van der Waals surface area contributed by atoms with Gasteiger partial charge in [0.05, 0.1) is 17.1 Å². The van der Waals surface area contributed by atoms with Gasteiger partial charge in [0.1, 0.15) is 0 Å². The summed E-state index contributed by atoms with van der Waals surface area (Å²) in [5.74, 6) is -0.510. The number of halogens is 1. The SMILES string of the molecule is CCCOC(=O)c1ccc(Br)c(S(C)(=O)=O)c1. The summed E-state index contributed by atoms with van der Waals surface area (Å²) < 4.78 is 28.3. The summed E-state index contributed by atoms with van der Waals surface area (Å²) in [6.07, 6.45) is 1.81. The van der Waals surface area contributed by atoms with Gasteiger partial charge in [-0.2, -0.15) is 0 Å². The number of esters is 1. The van der Waals surface area contributed by atoms with Crippen LogP contribution in [0.2, 0.25) is 0 Å². The molecule has 0 N–H and O–H groups in total. The van der Waals surface area contributed by atoms with E-state index < -0.39 is 15.8 Å². The highest BCUT2D eigenvalue weighted by molar-refractivity contribution is 9.10. The average Bonchev–Trinajstić information content (AvgIpc) is 2.25. The van der Waals surface area contributed by atoms with Crippen molar-refractivity contribution in [2.75, 3.05) is 12.9 Å². The molecule has 0 saturated carbocycles. The second kappa shape index (κ2) is 5.64. The number of rotatable bonds is 4. The minimum atomic E-state index is -3.36. The van der Waals surface area contributed by atoms with Gasteiger partial charge < -0.3 is 4.74 Å². The Bertz CT molecular complexity index is 522. The van der Waals surface area contributed by atoms with Gasteiger partial charge in [-0.15, -0.1) is 0 Å². The third-order valence-electron chi connectivity index (χ3n) is 2.00. The lowest BCUT2D eigenvalue weighted by Gasteiger charge is -2.06. The number of hydrogen-bond donors (Lipinski definition) is 0. The van der Waals surface area contributed by atoms with Crippen molar-refractivity contribution in [3.05, 3.63) is 28.2 Å². The van der Waals surface area contributed by atoms with Crippen molar-refractivity contribution >= 4 is 31.7 Å². The first-order chi connectivity index (χ1) is 7.86. The first-order valence-electron chi connectivity index (χ1n) is 5.03. The molecule has 0 unspecified atom stereocenters. The molecule has 6 heteroatoms. The first kappa shape index (κ1) is 14.2. The van der Waals surface area contributed by atoms with Crippen LogP contribution < -0.4 is 0 Å². The number of benzene rings is 1. The highest BCUT2D eigenvalue weighted by Gasteiger charge is 2.16. The fourth-order valence-electron chi connectivity index (χ4n) is 1.19. The Morgan fingerprint density at radius 1 is 1.41 bits per heavy atom. The molecule has 94 valence electrons. The zero-order valence-electron chi connectivity index (χ0n) is 9.57. The molecule has 0 radical (unpaired) electrons. The van der Waals surface area contributed by atoms with E-state index in [0.29, 0.717) is 11.1 Å². The van der Waals surface area contributed by atoms with Gasteiger partial charge in [-0.1, -0.05) is 6.92 Å². The zero-order chi connectivity index (χ0) is 13.1. The molecule has 0 fully saturated rings. The van der Waals surface area contributed by atoms with E-state index in [4.69, 9.17) is 4.74 Å². The molecule has 0 atom stereocenters. The summed E-state index contributed by atoms with van der Waals surface area (Å²) in [6.45, 7) is 2.21. The molecule has 1 rings (SSSR count). The highest BCUT2D eigenvalue weighted by Crippen LogP contribution is 2.23. The second-order valence-electron chi connectivity index (χ2n) is 3.55. The predicted molar refractivity (Wildman–Crippen MR) is 67.8 cm³/mol. The van der Waals surface area contributed by atoms with Gasteiger partial charge in [0, 0.05) is 10.7 Å². The van der Waals surface area contributed by atoms with Gasteiger partial charge in [0.25, 0.3) is 0 Å². The Morgan fingerprint density at radius 2 is 2.06 bits per heavy atom. The number of sulfone groups is 1. The summed E-state index contributed by atoms with van der Waals surface area (Å²) in [5, 5.41) is 0. The molecule has 17 heavy (non-hydrogen) atoms. The summed E-state index contributed by atoms with van der Waals surface area (Å²) >= 11 is 3.14. The Labute approximate surface area is 109 Å². The second-order valence-corrected chi connectivity index (χ2v) is 6.39. The maximum atomic E-state index is 11.6. The maximum Gasteiger partial charge on any atom is 0.338 e. The van der Waals surface area contributed by atoms with Gasteiger partial charge in [-0.25, -0.2) is 13.2 Å². The van der Waals surface area contributed by atoms with Crippen LogP contribution in [0.15, 0.2) is 27.6 Å². The monoisotopic (exact) mass is 320 g/mol. The Kier molecular flexibility index (Phi) is 4.70. The Morgan fingerprint density at radius 3 is 2.59 bits per heavy atom. The van der Waals surface area contributed by atoms with Crippen molar-refractivity contribution in [1.29, 1.82) is 0 Å². The maximum absolute atomic E-state index is 11.6. The van der Waals surface area contributed by atoms with Crippen molar-refractivity contribution in [1.82, 2.24) is 0 Å². The first-order valence-corrected chi connectivity index (χ1v) is 7.71. The van der Waals surface area contributed by atoms with E-state index in [1.165, 1.54) is 18.2 Å². The van der Waals surface area contributed by atoms with Gasteiger partial charge in [0.15, 0.2) is 9.84 Å². The fraction of sp³-hybridized carbons (Fsp3) is 0.364.